The summed E-state index contributed by atoms with van der Waals surface area (Å²) in [6.45, 7) is 0.594. The van der Waals surface area contributed by atoms with E-state index in [1.165, 1.54) is 5.56 Å². The Kier molecular flexibility index (Phi) is 5.76. The lowest BCUT2D eigenvalue weighted by molar-refractivity contribution is -0.120. The third-order valence-corrected chi connectivity index (χ3v) is 4.69. The molecule has 29 heavy (non-hydrogen) atoms. The Labute approximate surface area is 170 Å². The summed E-state index contributed by atoms with van der Waals surface area (Å²) >= 11 is 0. The third kappa shape index (κ3) is 4.58. The fraction of sp³-hybridized carbons (Fsp3) is 0.125. The third-order valence-electron chi connectivity index (χ3n) is 4.69. The molecule has 1 heterocycles. The summed E-state index contributed by atoms with van der Waals surface area (Å²) in [4.78, 5) is 12.5. The van der Waals surface area contributed by atoms with Gasteiger partial charge in [0.15, 0.2) is 0 Å². The van der Waals surface area contributed by atoms with E-state index in [1.54, 1.807) is 4.68 Å². The molecule has 0 bridgehead atoms. The van der Waals surface area contributed by atoms with E-state index in [2.05, 4.69) is 27.8 Å². The molecular weight excluding hydrogens is 360 g/mol. The first kappa shape index (κ1) is 18.6. The summed E-state index contributed by atoms with van der Waals surface area (Å²) in [7, 11) is 0. The van der Waals surface area contributed by atoms with E-state index in [0.717, 1.165) is 23.4 Å². The summed E-state index contributed by atoms with van der Waals surface area (Å²) in [6.07, 6.45) is 0.987. The van der Waals surface area contributed by atoms with E-state index < -0.39 is 0 Å². The van der Waals surface area contributed by atoms with Crippen LogP contribution >= 0.6 is 0 Å². The molecule has 144 valence electrons. The number of amides is 1. The van der Waals surface area contributed by atoms with Gasteiger partial charge in [0.05, 0.1) is 17.8 Å². The van der Waals surface area contributed by atoms with E-state index in [4.69, 9.17) is 0 Å². The quantitative estimate of drug-likeness (QED) is 0.528. The molecule has 4 rings (SSSR count). The number of para-hydroxylation sites is 1. The van der Waals surface area contributed by atoms with E-state index in [1.807, 2.05) is 78.9 Å². The molecule has 0 fully saturated rings. The fourth-order valence-corrected chi connectivity index (χ4v) is 3.27. The number of benzene rings is 3. The van der Waals surface area contributed by atoms with Crippen LogP contribution in [0.15, 0.2) is 91.0 Å². The number of rotatable bonds is 7. The van der Waals surface area contributed by atoms with Gasteiger partial charge in [0.1, 0.15) is 5.69 Å². The first-order chi connectivity index (χ1) is 14.3. The van der Waals surface area contributed by atoms with Gasteiger partial charge in [-0.1, -0.05) is 84.1 Å². The normalized spacial score (nSPS) is 10.6. The van der Waals surface area contributed by atoms with Crippen LogP contribution in [0.1, 0.15) is 11.3 Å². The lowest BCUT2D eigenvalue weighted by Gasteiger charge is -2.09. The predicted octanol–water partition coefficient (Wildman–Crippen LogP) is 3.84. The minimum Gasteiger partial charge on any atom is -0.355 e. The molecule has 1 N–H and O–H groups in total. The van der Waals surface area contributed by atoms with Crippen LogP contribution in [0.2, 0.25) is 0 Å². The molecule has 5 nitrogen and oxygen atoms in total. The van der Waals surface area contributed by atoms with Gasteiger partial charge in [0.25, 0.3) is 0 Å². The summed E-state index contributed by atoms with van der Waals surface area (Å²) in [6, 6.07) is 29.9. The van der Waals surface area contributed by atoms with Gasteiger partial charge in [-0.15, -0.1) is 5.10 Å². The zero-order valence-corrected chi connectivity index (χ0v) is 16.0. The van der Waals surface area contributed by atoms with E-state index in [0.29, 0.717) is 12.2 Å². The van der Waals surface area contributed by atoms with Gasteiger partial charge in [-0.05, 0) is 24.1 Å². The second-order valence-corrected chi connectivity index (χ2v) is 6.76. The fourth-order valence-electron chi connectivity index (χ4n) is 3.27. The van der Waals surface area contributed by atoms with Gasteiger partial charge in [-0.2, -0.15) is 0 Å². The van der Waals surface area contributed by atoms with Crippen LogP contribution < -0.4 is 5.32 Å². The molecule has 0 aliphatic carbocycles. The van der Waals surface area contributed by atoms with Crippen LogP contribution in [-0.2, 0) is 17.6 Å². The number of carbonyl (C=O) groups is 1. The van der Waals surface area contributed by atoms with Crippen LogP contribution in [0.4, 0.5) is 0 Å². The molecule has 0 spiro atoms. The molecule has 0 aliphatic heterocycles. The van der Waals surface area contributed by atoms with Gasteiger partial charge < -0.3 is 5.32 Å². The van der Waals surface area contributed by atoms with Crippen molar-refractivity contribution in [2.75, 3.05) is 6.54 Å². The lowest BCUT2D eigenvalue weighted by Crippen LogP contribution is -2.27. The summed E-state index contributed by atoms with van der Waals surface area (Å²) in [5.74, 6) is -0.0572. The monoisotopic (exact) mass is 382 g/mol. The van der Waals surface area contributed by atoms with Crippen LogP contribution in [0.25, 0.3) is 16.9 Å². The maximum absolute atomic E-state index is 12.5. The molecule has 0 aliphatic rings. The Bertz CT molecular complexity index is 1060. The Balaban J connectivity index is 1.52. The Morgan fingerprint density at radius 1 is 0.828 bits per heavy atom. The lowest BCUT2D eigenvalue weighted by atomic mass is 10.1. The van der Waals surface area contributed by atoms with Crippen molar-refractivity contribution in [2.24, 2.45) is 0 Å². The summed E-state index contributed by atoms with van der Waals surface area (Å²) < 4.78 is 1.79. The Morgan fingerprint density at radius 3 is 2.14 bits per heavy atom. The maximum atomic E-state index is 12.5. The van der Waals surface area contributed by atoms with Crippen LogP contribution in [-0.4, -0.2) is 27.4 Å². The number of nitrogens with one attached hydrogen (secondary N) is 1. The van der Waals surface area contributed by atoms with Crippen molar-refractivity contribution in [2.45, 2.75) is 12.8 Å². The number of carbonyl (C=O) groups excluding carboxylic acids is 1. The number of hydrogen-bond acceptors (Lipinski definition) is 3. The Morgan fingerprint density at radius 2 is 1.45 bits per heavy atom. The van der Waals surface area contributed by atoms with Crippen molar-refractivity contribution >= 4 is 5.91 Å². The first-order valence-electron chi connectivity index (χ1n) is 9.67. The molecule has 0 atom stereocenters. The minimum atomic E-state index is -0.0572. The highest BCUT2D eigenvalue weighted by molar-refractivity contribution is 5.80. The average molecular weight is 382 g/mol. The van der Waals surface area contributed by atoms with Crippen LogP contribution in [0.3, 0.4) is 0 Å². The molecule has 1 amide bonds. The average Bonchev–Trinajstić information content (AvgIpc) is 3.19. The molecule has 3 aromatic carbocycles. The van der Waals surface area contributed by atoms with Crippen molar-refractivity contribution in [3.63, 3.8) is 0 Å². The SMILES string of the molecule is O=C(Cc1nnn(-c2ccccc2)c1-c1ccccc1)NCCc1ccccc1. The van der Waals surface area contributed by atoms with Crippen molar-refractivity contribution in [3.8, 4) is 16.9 Å². The highest BCUT2D eigenvalue weighted by Crippen LogP contribution is 2.25. The number of nitrogens with zero attached hydrogens (tertiary/aromatic N) is 3. The van der Waals surface area contributed by atoms with Gasteiger partial charge in [0.2, 0.25) is 5.91 Å². The second-order valence-electron chi connectivity index (χ2n) is 6.76. The van der Waals surface area contributed by atoms with Gasteiger partial charge in [0, 0.05) is 12.1 Å². The smallest absolute Gasteiger partial charge is 0.226 e. The van der Waals surface area contributed by atoms with E-state index in [-0.39, 0.29) is 12.3 Å². The zero-order chi connectivity index (χ0) is 19.9. The molecule has 0 saturated carbocycles. The standard InChI is InChI=1S/C24H22N4O/c29-23(25-17-16-19-10-4-1-5-11-19)18-22-24(20-12-6-2-7-13-20)28(27-26-22)21-14-8-3-9-15-21/h1-15H,16-18H2,(H,25,29). The predicted molar refractivity (Wildman–Crippen MR) is 114 cm³/mol. The van der Waals surface area contributed by atoms with Crippen molar-refractivity contribution in [1.29, 1.82) is 0 Å². The van der Waals surface area contributed by atoms with Crippen LogP contribution in [0, 0.1) is 0 Å². The molecule has 1 aromatic heterocycles. The van der Waals surface area contributed by atoms with Crippen molar-refractivity contribution < 1.29 is 4.79 Å². The van der Waals surface area contributed by atoms with Gasteiger partial charge >= 0.3 is 0 Å². The summed E-state index contributed by atoms with van der Waals surface area (Å²) in [5.41, 5.74) is 4.60. The maximum Gasteiger partial charge on any atom is 0.226 e. The Hall–Kier alpha value is -3.73. The van der Waals surface area contributed by atoms with E-state index in [9.17, 15) is 4.79 Å². The second kappa shape index (κ2) is 8.97. The van der Waals surface area contributed by atoms with E-state index >= 15 is 0 Å². The van der Waals surface area contributed by atoms with Gasteiger partial charge in [-0.25, -0.2) is 4.68 Å². The van der Waals surface area contributed by atoms with Crippen molar-refractivity contribution in [3.05, 3.63) is 102 Å². The molecule has 5 heteroatoms. The minimum absolute atomic E-state index is 0.0572. The first-order valence-corrected chi connectivity index (χ1v) is 9.67. The molecule has 0 unspecified atom stereocenters. The molecule has 0 radical (unpaired) electrons. The number of aromatic nitrogens is 3. The molecular formula is C24H22N4O. The largest absolute Gasteiger partial charge is 0.355 e. The highest BCUT2D eigenvalue weighted by atomic mass is 16.1. The topological polar surface area (TPSA) is 59.8 Å². The number of hydrogen-bond donors (Lipinski definition) is 1. The van der Waals surface area contributed by atoms with Crippen LogP contribution in [0.5, 0.6) is 0 Å². The van der Waals surface area contributed by atoms with Crippen molar-refractivity contribution in [1.82, 2.24) is 20.3 Å². The zero-order valence-electron chi connectivity index (χ0n) is 16.0. The molecule has 4 aromatic rings. The van der Waals surface area contributed by atoms with Gasteiger partial charge in [-0.3, -0.25) is 4.79 Å². The summed E-state index contributed by atoms with van der Waals surface area (Å²) in [5, 5.41) is 11.6. The molecule has 0 saturated heterocycles. The highest BCUT2D eigenvalue weighted by Gasteiger charge is 2.18.